The molecule has 1 atom stereocenters. The van der Waals surface area contributed by atoms with E-state index >= 15 is 0 Å². The lowest BCUT2D eigenvalue weighted by atomic mass is 9.85. The molecule has 1 saturated carbocycles. The van der Waals surface area contributed by atoms with Crippen LogP contribution in [-0.2, 0) is 4.74 Å². The number of hydrogen-bond donors (Lipinski definition) is 0. The van der Waals surface area contributed by atoms with Crippen LogP contribution in [0.2, 0.25) is 10.3 Å². The van der Waals surface area contributed by atoms with Gasteiger partial charge in [-0.1, -0.05) is 42.5 Å². The zero-order valence-electron chi connectivity index (χ0n) is 10.5. The quantitative estimate of drug-likeness (QED) is 0.768. The first-order valence-electron chi connectivity index (χ1n) is 6.52. The number of aromatic nitrogens is 2. The highest BCUT2D eigenvalue weighted by Gasteiger charge is 2.28. The summed E-state index contributed by atoms with van der Waals surface area (Å²) in [6, 6.07) is 1.55. The maximum absolute atomic E-state index is 5.94. The number of ether oxygens (including phenoxy) is 1. The van der Waals surface area contributed by atoms with Gasteiger partial charge in [0.1, 0.15) is 16.4 Å². The summed E-state index contributed by atoms with van der Waals surface area (Å²) in [4.78, 5) is 8.55. The molecule has 0 aromatic carbocycles. The Balaban J connectivity index is 2.22. The first kappa shape index (κ1) is 14.0. The topological polar surface area (TPSA) is 35.0 Å². The molecule has 0 radical (unpaired) electrons. The lowest BCUT2D eigenvalue weighted by molar-refractivity contribution is -0.000173. The fraction of sp³-hybridized carbons (Fsp3) is 0.692. The van der Waals surface area contributed by atoms with Crippen molar-refractivity contribution in [2.24, 2.45) is 5.92 Å². The first-order chi connectivity index (χ1) is 8.70. The predicted molar refractivity (Wildman–Crippen MR) is 73.0 cm³/mol. The molecule has 18 heavy (non-hydrogen) atoms. The minimum absolute atomic E-state index is 0.0773. The minimum Gasteiger partial charge on any atom is -0.370 e. The Morgan fingerprint density at radius 2 is 1.83 bits per heavy atom. The van der Waals surface area contributed by atoms with Crippen LogP contribution in [0.1, 0.15) is 51.0 Å². The Morgan fingerprint density at radius 1 is 1.22 bits per heavy atom. The van der Waals surface area contributed by atoms with Crippen LogP contribution in [0.3, 0.4) is 0 Å². The van der Waals surface area contributed by atoms with Gasteiger partial charge in [-0.05, 0) is 25.7 Å². The Morgan fingerprint density at radius 3 is 2.39 bits per heavy atom. The van der Waals surface area contributed by atoms with Gasteiger partial charge in [-0.15, -0.1) is 0 Å². The molecule has 2 rings (SSSR count). The molecule has 0 aliphatic heterocycles. The molecule has 1 fully saturated rings. The average molecular weight is 289 g/mol. The molecule has 1 aliphatic rings. The minimum atomic E-state index is -0.0773. The Kier molecular flexibility index (Phi) is 5.22. The van der Waals surface area contributed by atoms with E-state index in [0.717, 1.165) is 12.8 Å². The molecule has 0 bridgehead atoms. The van der Waals surface area contributed by atoms with Gasteiger partial charge in [-0.2, -0.15) is 0 Å². The number of hydrogen-bond acceptors (Lipinski definition) is 3. The van der Waals surface area contributed by atoms with Crippen molar-refractivity contribution >= 4 is 23.2 Å². The molecule has 1 aromatic heterocycles. The van der Waals surface area contributed by atoms with E-state index in [9.17, 15) is 0 Å². The molecule has 1 unspecified atom stereocenters. The highest BCUT2D eigenvalue weighted by Crippen LogP contribution is 2.36. The Hall–Kier alpha value is -0.380. The summed E-state index contributed by atoms with van der Waals surface area (Å²) in [5.74, 6) is 1.11. The van der Waals surface area contributed by atoms with E-state index < -0.39 is 0 Å². The lowest BCUT2D eigenvalue weighted by Crippen LogP contribution is -2.21. The van der Waals surface area contributed by atoms with Crippen LogP contribution in [0.15, 0.2) is 6.07 Å². The number of rotatable bonds is 4. The first-order valence-corrected chi connectivity index (χ1v) is 7.28. The fourth-order valence-electron chi connectivity index (χ4n) is 2.57. The Labute approximate surface area is 118 Å². The molecular formula is C13H18Cl2N2O. The zero-order valence-corrected chi connectivity index (χ0v) is 12.0. The normalized spacial score (nSPS) is 18.8. The smallest absolute Gasteiger partial charge is 0.160 e. The van der Waals surface area contributed by atoms with Gasteiger partial charge in [0.25, 0.3) is 0 Å². The average Bonchev–Trinajstić information content (AvgIpc) is 2.36. The van der Waals surface area contributed by atoms with Crippen molar-refractivity contribution in [3.8, 4) is 0 Å². The van der Waals surface area contributed by atoms with Crippen LogP contribution in [0, 0.1) is 5.92 Å². The molecular weight excluding hydrogens is 271 g/mol. The van der Waals surface area contributed by atoms with Gasteiger partial charge in [0.2, 0.25) is 0 Å². The van der Waals surface area contributed by atoms with Gasteiger partial charge < -0.3 is 4.74 Å². The molecule has 1 aromatic rings. The van der Waals surface area contributed by atoms with E-state index in [1.807, 2.05) is 6.92 Å². The van der Waals surface area contributed by atoms with E-state index in [2.05, 4.69) is 9.97 Å². The summed E-state index contributed by atoms with van der Waals surface area (Å²) in [5, 5.41) is 0.760. The van der Waals surface area contributed by atoms with Gasteiger partial charge >= 0.3 is 0 Å². The molecule has 3 nitrogen and oxygen atoms in total. The van der Waals surface area contributed by atoms with Crippen LogP contribution in [0.5, 0.6) is 0 Å². The molecule has 1 heterocycles. The van der Waals surface area contributed by atoms with Gasteiger partial charge in [-0.25, -0.2) is 9.97 Å². The van der Waals surface area contributed by atoms with Crippen molar-refractivity contribution in [1.82, 2.24) is 9.97 Å². The summed E-state index contributed by atoms with van der Waals surface area (Å²) in [5.41, 5.74) is 0. The molecule has 0 spiro atoms. The van der Waals surface area contributed by atoms with Crippen molar-refractivity contribution in [2.45, 2.75) is 45.1 Å². The summed E-state index contributed by atoms with van der Waals surface area (Å²) < 4.78 is 5.84. The Bertz CT molecular complexity index is 374. The lowest BCUT2D eigenvalue weighted by Gasteiger charge is -2.29. The largest absolute Gasteiger partial charge is 0.370 e. The summed E-state index contributed by atoms with van der Waals surface area (Å²) in [7, 11) is 0. The van der Waals surface area contributed by atoms with E-state index in [1.54, 1.807) is 6.07 Å². The summed E-state index contributed by atoms with van der Waals surface area (Å²) in [6.07, 6.45) is 6.07. The van der Waals surface area contributed by atoms with E-state index in [4.69, 9.17) is 27.9 Å². The summed E-state index contributed by atoms with van der Waals surface area (Å²) in [6.45, 7) is 2.64. The van der Waals surface area contributed by atoms with Gasteiger partial charge in [0.15, 0.2) is 5.82 Å². The van der Waals surface area contributed by atoms with Crippen LogP contribution in [0.4, 0.5) is 0 Å². The SMILES string of the molecule is CCOC(c1nc(Cl)cc(Cl)n1)C1CCCCC1. The third-order valence-electron chi connectivity index (χ3n) is 3.36. The predicted octanol–water partition coefficient (Wildman–Crippen LogP) is 4.44. The fourth-order valence-corrected chi connectivity index (χ4v) is 3.01. The van der Waals surface area contributed by atoms with Gasteiger partial charge in [0.05, 0.1) is 0 Å². The van der Waals surface area contributed by atoms with Crippen molar-refractivity contribution in [3.63, 3.8) is 0 Å². The van der Waals surface area contributed by atoms with Crippen molar-refractivity contribution < 1.29 is 4.74 Å². The van der Waals surface area contributed by atoms with Crippen molar-refractivity contribution in [2.75, 3.05) is 6.61 Å². The molecule has 0 saturated heterocycles. The highest BCUT2D eigenvalue weighted by molar-refractivity contribution is 6.33. The van der Waals surface area contributed by atoms with Crippen molar-refractivity contribution in [3.05, 3.63) is 22.2 Å². The van der Waals surface area contributed by atoms with Crippen LogP contribution >= 0.6 is 23.2 Å². The zero-order chi connectivity index (χ0) is 13.0. The third kappa shape index (κ3) is 3.56. The molecule has 1 aliphatic carbocycles. The molecule has 0 amide bonds. The highest BCUT2D eigenvalue weighted by atomic mass is 35.5. The van der Waals surface area contributed by atoms with Gasteiger partial charge in [-0.3, -0.25) is 0 Å². The third-order valence-corrected chi connectivity index (χ3v) is 3.75. The maximum Gasteiger partial charge on any atom is 0.160 e. The standard InChI is InChI=1S/C13H18Cl2N2O/c1-2-18-12(9-6-4-3-5-7-9)13-16-10(14)8-11(15)17-13/h8-9,12H,2-7H2,1H3. The second kappa shape index (κ2) is 6.69. The van der Waals surface area contributed by atoms with E-state index in [0.29, 0.717) is 28.7 Å². The van der Waals surface area contributed by atoms with Crippen LogP contribution in [-0.4, -0.2) is 16.6 Å². The molecule has 0 N–H and O–H groups in total. The maximum atomic E-state index is 5.94. The monoisotopic (exact) mass is 288 g/mol. The van der Waals surface area contributed by atoms with E-state index in [1.165, 1.54) is 19.3 Å². The second-order valence-corrected chi connectivity index (χ2v) is 5.42. The van der Waals surface area contributed by atoms with Crippen LogP contribution in [0.25, 0.3) is 0 Å². The number of nitrogens with zero attached hydrogens (tertiary/aromatic N) is 2. The van der Waals surface area contributed by atoms with E-state index in [-0.39, 0.29) is 6.10 Å². The second-order valence-electron chi connectivity index (χ2n) is 4.65. The number of halogens is 2. The summed E-state index contributed by atoms with van der Waals surface area (Å²) >= 11 is 11.9. The van der Waals surface area contributed by atoms with Gasteiger partial charge in [0, 0.05) is 12.7 Å². The molecule has 5 heteroatoms. The van der Waals surface area contributed by atoms with Crippen LogP contribution < -0.4 is 0 Å². The van der Waals surface area contributed by atoms with Crippen molar-refractivity contribution in [1.29, 1.82) is 0 Å². The molecule has 100 valence electrons.